The fourth-order valence-corrected chi connectivity index (χ4v) is 6.98. The topological polar surface area (TPSA) is 65.1 Å². The average molecular weight is 724 g/mol. The van der Waals surface area contributed by atoms with Crippen LogP contribution >= 0.6 is 0 Å². The molecule has 0 atom stereocenters. The second-order valence-electron chi connectivity index (χ2n) is 15.4. The zero-order chi connectivity index (χ0) is 37.3. The van der Waals surface area contributed by atoms with Gasteiger partial charge in [-0.05, 0) is 83.8 Å². The monoisotopic (exact) mass is 724 g/mol. The van der Waals surface area contributed by atoms with E-state index in [0.29, 0.717) is 19.6 Å². The Morgan fingerprint density at radius 3 is 1.25 bits per heavy atom. The molecule has 0 radical (unpaired) electrons. The number of nitrogens with zero attached hydrogens (tertiary/aromatic N) is 1. The maximum Gasteiger partial charge on any atom is 0.508 e. The van der Waals surface area contributed by atoms with Crippen LogP contribution in [0.15, 0.2) is 0 Å². The number of rotatable bonds is 41. The van der Waals surface area contributed by atoms with Crippen molar-refractivity contribution < 1.29 is 23.8 Å². The highest BCUT2D eigenvalue weighted by molar-refractivity contribution is 5.69. The van der Waals surface area contributed by atoms with Crippen LogP contribution in [0.1, 0.15) is 240 Å². The van der Waals surface area contributed by atoms with E-state index in [2.05, 4.69) is 32.6 Å². The van der Waals surface area contributed by atoms with Crippen LogP contribution in [-0.2, 0) is 19.0 Å². The zero-order valence-corrected chi connectivity index (χ0v) is 34.9. The molecule has 0 aromatic rings. The zero-order valence-electron chi connectivity index (χ0n) is 34.9. The summed E-state index contributed by atoms with van der Waals surface area (Å²) in [5.41, 5.74) is 0. The summed E-state index contributed by atoms with van der Waals surface area (Å²) in [4.78, 5) is 27.2. The number of ether oxygens (including phenoxy) is 3. The largest absolute Gasteiger partial charge is 0.508 e. The molecule has 0 fully saturated rings. The Morgan fingerprint density at radius 1 is 0.412 bits per heavy atom. The summed E-state index contributed by atoms with van der Waals surface area (Å²) in [7, 11) is 0. The normalized spacial score (nSPS) is 11.5. The van der Waals surface area contributed by atoms with Crippen molar-refractivity contribution in [1.82, 2.24) is 4.90 Å². The van der Waals surface area contributed by atoms with Crippen LogP contribution in [0, 0.1) is 0 Å². The Balaban J connectivity index is 3.94. The molecule has 0 rings (SSSR count). The minimum Gasteiger partial charge on any atom is -0.462 e. The lowest BCUT2D eigenvalue weighted by Gasteiger charge is -2.21. The third kappa shape index (κ3) is 38.2. The van der Waals surface area contributed by atoms with Gasteiger partial charge < -0.3 is 19.1 Å². The highest BCUT2D eigenvalue weighted by atomic mass is 16.7. The van der Waals surface area contributed by atoms with Gasteiger partial charge >= 0.3 is 12.1 Å². The average Bonchev–Trinajstić information content (AvgIpc) is 3.12. The first-order valence-corrected chi connectivity index (χ1v) is 22.8. The van der Waals surface area contributed by atoms with Gasteiger partial charge in [0.1, 0.15) is 6.10 Å². The molecule has 0 N–H and O–H groups in total. The number of hydrogen-bond donors (Lipinski definition) is 0. The van der Waals surface area contributed by atoms with Crippen molar-refractivity contribution in [2.75, 3.05) is 32.8 Å². The molecule has 0 saturated carbocycles. The molecular weight excluding hydrogens is 634 g/mol. The van der Waals surface area contributed by atoms with Gasteiger partial charge in [-0.25, -0.2) is 4.79 Å². The van der Waals surface area contributed by atoms with Crippen molar-refractivity contribution in [1.29, 1.82) is 0 Å². The predicted molar refractivity (Wildman–Crippen MR) is 219 cm³/mol. The summed E-state index contributed by atoms with van der Waals surface area (Å²) < 4.78 is 16.6. The number of unbranched alkanes of at least 4 members (excludes halogenated alkanes) is 24. The van der Waals surface area contributed by atoms with Crippen molar-refractivity contribution in [3.63, 3.8) is 0 Å². The molecule has 0 heterocycles. The predicted octanol–water partition coefficient (Wildman–Crippen LogP) is 14.3. The second kappa shape index (κ2) is 41.5. The molecule has 6 heteroatoms. The highest BCUT2D eigenvalue weighted by Gasteiger charge is 2.14. The number of carbonyl (C=O) groups is 2. The maximum atomic E-state index is 12.7. The van der Waals surface area contributed by atoms with Gasteiger partial charge in [-0.15, -0.1) is 0 Å². The Kier molecular flexibility index (Phi) is 40.4. The molecular formula is C45H89NO5. The molecule has 0 spiro atoms. The van der Waals surface area contributed by atoms with Crippen LogP contribution < -0.4 is 0 Å². The lowest BCUT2D eigenvalue weighted by molar-refractivity contribution is -0.150. The van der Waals surface area contributed by atoms with Crippen LogP contribution in [0.4, 0.5) is 4.79 Å². The lowest BCUT2D eigenvalue weighted by atomic mass is 10.0. The number of carbonyl (C=O) groups excluding carboxylic acids is 2. The van der Waals surface area contributed by atoms with Crippen LogP contribution in [0.25, 0.3) is 0 Å². The molecule has 0 unspecified atom stereocenters. The van der Waals surface area contributed by atoms with Gasteiger partial charge in [-0.1, -0.05) is 169 Å². The van der Waals surface area contributed by atoms with Crippen molar-refractivity contribution in [3.05, 3.63) is 0 Å². The van der Waals surface area contributed by atoms with Gasteiger partial charge in [-0.3, -0.25) is 4.79 Å². The van der Waals surface area contributed by atoms with Crippen molar-refractivity contribution in [2.24, 2.45) is 0 Å². The van der Waals surface area contributed by atoms with Crippen molar-refractivity contribution in [3.8, 4) is 0 Å². The third-order valence-electron chi connectivity index (χ3n) is 10.3. The van der Waals surface area contributed by atoms with E-state index in [4.69, 9.17) is 14.2 Å². The van der Waals surface area contributed by atoms with Crippen LogP contribution in [0.2, 0.25) is 0 Å². The first kappa shape index (κ1) is 49.7. The standard InChI is InChI=1S/C45H89NO5/c1-5-9-12-15-18-19-20-21-27-33-41-49-45(48)50-42-34-32-40-46(38-8-4)39-31-26-22-25-30-37-44(47)51-43(35-28-23-16-13-10-6-2)36-29-24-17-14-11-7-3/h43H,5-42H2,1-4H3. The van der Waals surface area contributed by atoms with E-state index in [-0.39, 0.29) is 12.1 Å². The molecule has 0 saturated heterocycles. The molecule has 51 heavy (non-hydrogen) atoms. The van der Waals surface area contributed by atoms with Gasteiger partial charge in [0.15, 0.2) is 0 Å². The van der Waals surface area contributed by atoms with E-state index in [1.807, 2.05) is 0 Å². The van der Waals surface area contributed by atoms with Gasteiger partial charge in [-0.2, -0.15) is 0 Å². The van der Waals surface area contributed by atoms with Crippen LogP contribution in [0.3, 0.4) is 0 Å². The molecule has 6 nitrogen and oxygen atoms in total. The fourth-order valence-electron chi connectivity index (χ4n) is 6.98. The van der Waals surface area contributed by atoms with E-state index in [0.717, 1.165) is 77.4 Å². The Hall–Kier alpha value is -1.30. The minimum atomic E-state index is -0.509. The molecule has 0 aromatic carbocycles. The van der Waals surface area contributed by atoms with Gasteiger partial charge in [0.25, 0.3) is 0 Å². The van der Waals surface area contributed by atoms with Crippen molar-refractivity contribution >= 4 is 12.1 Å². The molecule has 304 valence electrons. The lowest BCUT2D eigenvalue weighted by Crippen LogP contribution is -2.27. The Bertz CT molecular complexity index is 701. The summed E-state index contributed by atoms with van der Waals surface area (Å²) >= 11 is 0. The molecule has 0 amide bonds. The van der Waals surface area contributed by atoms with Crippen LogP contribution in [0.5, 0.6) is 0 Å². The summed E-state index contributed by atoms with van der Waals surface area (Å²) in [5, 5.41) is 0. The minimum absolute atomic E-state index is 0.0254. The molecule has 0 aliphatic rings. The Morgan fingerprint density at radius 2 is 0.784 bits per heavy atom. The summed E-state index contributed by atoms with van der Waals surface area (Å²) in [5.74, 6) is 0.0254. The number of hydrogen-bond acceptors (Lipinski definition) is 6. The summed E-state index contributed by atoms with van der Waals surface area (Å²) in [6.07, 6.45) is 39.2. The Labute approximate surface area is 318 Å². The van der Waals surface area contributed by atoms with E-state index in [1.165, 1.54) is 148 Å². The summed E-state index contributed by atoms with van der Waals surface area (Å²) in [6, 6.07) is 0. The fraction of sp³-hybridized carbons (Fsp3) is 0.956. The molecule has 0 aliphatic carbocycles. The van der Waals surface area contributed by atoms with Gasteiger partial charge in [0.2, 0.25) is 0 Å². The molecule has 0 bridgehead atoms. The van der Waals surface area contributed by atoms with E-state index < -0.39 is 6.16 Å². The number of esters is 1. The van der Waals surface area contributed by atoms with Gasteiger partial charge in [0.05, 0.1) is 13.2 Å². The molecule has 0 aliphatic heterocycles. The SMILES string of the molecule is CCCCCCCCCCCCOC(=O)OCCCCN(CCC)CCCCCCCC(=O)OC(CCCCCCCC)CCCCCCCC. The van der Waals surface area contributed by atoms with Gasteiger partial charge in [0, 0.05) is 6.42 Å². The first-order chi connectivity index (χ1) is 25.1. The first-order valence-electron chi connectivity index (χ1n) is 22.8. The van der Waals surface area contributed by atoms with E-state index in [1.54, 1.807) is 0 Å². The quantitative estimate of drug-likeness (QED) is 0.0462. The van der Waals surface area contributed by atoms with Crippen molar-refractivity contribution in [2.45, 2.75) is 246 Å². The van der Waals surface area contributed by atoms with Crippen LogP contribution in [-0.4, -0.2) is 56.0 Å². The van der Waals surface area contributed by atoms with E-state index in [9.17, 15) is 9.59 Å². The maximum absolute atomic E-state index is 12.7. The summed E-state index contributed by atoms with van der Waals surface area (Å²) in [6.45, 7) is 13.2. The second-order valence-corrected chi connectivity index (χ2v) is 15.4. The van der Waals surface area contributed by atoms with E-state index >= 15 is 0 Å². The molecule has 0 aromatic heterocycles. The highest BCUT2D eigenvalue weighted by Crippen LogP contribution is 2.18. The smallest absolute Gasteiger partial charge is 0.462 e. The third-order valence-corrected chi connectivity index (χ3v) is 10.3.